The van der Waals surface area contributed by atoms with Crippen LogP contribution in [0.25, 0.3) is 0 Å². The number of carbonyl (C=O) groups excluding carboxylic acids is 2. The van der Waals surface area contributed by atoms with Gasteiger partial charge in [0.25, 0.3) is 11.8 Å². The van der Waals surface area contributed by atoms with E-state index in [2.05, 4.69) is 17.6 Å². The van der Waals surface area contributed by atoms with E-state index in [9.17, 15) is 9.59 Å². The fourth-order valence-corrected chi connectivity index (χ4v) is 3.10. The van der Waals surface area contributed by atoms with Crippen LogP contribution in [0.3, 0.4) is 0 Å². The molecule has 0 aliphatic heterocycles. The number of carbonyl (C=O) groups is 2. The molecule has 0 fully saturated rings. The van der Waals surface area contributed by atoms with Crippen molar-refractivity contribution >= 4 is 34.8 Å². The van der Waals surface area contributed by atoms with Gasteiger partial charge >= 0.3 is 0 Å². The zero-order valence-electron chi connectivity index (χ0n) is 18.4. The van der Waals surface area contributed by atoms with Crippen LogP contribution in [0.4, 0.5) is 5.69 Å². The molecule has 0 bridgehead atoms. The van der Waals surface area contributed by atoms with E-state index in [1.165, 1.54) is 30.6 Å². The predicted molar refractivity (Wildman–Crippen MR) is 129 cm³/mol. The van der Waals surface area contributed by atoms with Crippen LogP contribution in [-0.2, 0) is 0 Å². The number of hydrogen-bond acceptors (Lipinski definition) is 4. The quantitative estimate of drug-likeness (QED) is 0.407. The third kappa shape index (κ3) is 8.38. The number of anilines is 1. The lowest BCUT2D eigenvalue weighted by Crippen LogP contribution is -2.34. The molecular weight excluding hydrogens is 410 g/mol. The van der Waals surface area contributed by atoms with Gasteiger partial charge in [0.05, 0.1) is 6.61 Å². The molecule has 2 rings (SSSR count). The van der Waals surface area contributed by atoms with Gasteiger partial charge in [-0.2, -0.15) is 0 Å². The average molecular weight is 442 g/mol. The van der Waals surface area contributed by atoms with Crippen LogP contribution in [0.5, 0.6) is 5.75 Å². The van der Waals surface area contributed by atoms with E-state index in [-0.39, 0.29) is 16.9 Å². The summed E-state index contributed by atoms with van der Waals surface area (Å²) >= 11 is 5.22. The molecule has 0 aliphatic rings. The Bertz CT molecular complexity index is 865. The normalized spacial score (nSPS) is 10.3. The summed E-state index contributed by atoms with van der Waals surface area (Å²) in [4.78, 5) is 25.8. The van der Waals surface area contributed by atoms with Crippen molar-refractivity contribution in [3.63, 3.8) is 0 Å². The van der Waals surface area contributed by atoms with E-state index in [1.807, 2.05) is 0 Å². The van der Waals surface area contributed by atoms with Gasteiger partial charge in [0.15, 0.2) is 5.11 Å². The molecule has 0 spiro atoms. The zero-order chi connectivity index (χ0) is 22.6. The Hall–Kier alpha value is -2.93. The Morgan fingerprint density at radius 1 is 0.903 bits per heavy atom. The van der Waals surface area contributed by atoms with E-state index in [0.29, 0.717) is 23.4 Å². The largest absolute Gasteiger partial charge is 0.494 e. The minimum atomic E-state index is -0.303. The third-order valence-corrected chi connectivity index (χ3v) is 4.86. The second kappa shape index (κ2) is 12.7. The number of hydrogen-bond donors (Lipinski definition) is 2. The van der Waals surface area contributed by atoms with Gasteiger partial charge in [-0.1, -0.05) is 32.6 Å². The molecule has 2 aromatic rings. The van der Waals surface area contributed by atoms with Crippen molar-refractivity contribution in [1.82, 2.24) is 10.2 Å². The number of rotatable bonds is 10. The van der Waals surface area contributed by atoms with Gasteiger partial charge in [0.1, 0.15) is 5.75 Å². The summed E-state index contributed by atoms with van der Waals surface area (Å²) in [5, 5.41) is 5.79. The molecule has 2 amide bonds. The summed E-state index contributed by atoms with van der Waals surface area (Å²) < 4.78 is 5.73. The lowest BCUT2D eigenvalue weighted by Gasteiger charge is -2.12. The van der Waals surface area contributed by atoms with Gasteiger partial charge in [0, 0.05) is 30.9 Å². The third-order valence-electron chi connectivity index (χ3n) is 4.66. The van der Waals surface area contributed by atoms with Crippen LogP contribution in [0.1, 0.15) is 59.7 Å². The highest BCUT2D eigenvalue weighted by Crippen LogP contribution is 2.14. The number of thiocarbonyl (C=S) groups is 1. The van der Waals surface area contributed by atoms with Gasteiger partial charge in [-0.05, 0) is 67.2 Å². The highest BCUT2D eigenvalue weighted by Gasteiger charge is 2.10. The molecule has 0 aromatic heterocycles. The van der Waals surface area contributed by atoms with Gasteiger partial charge in [-0.15, -0.1) is 0 Å². The number of nitrogens with one attached hydrogen (secondary N) is 2. The number of nitrogens with zero attached hydrogens (tertiary/aromatic N) is 1. The second-order valence-electron chi connectivity index (χ2n) is 7.47. The molecule has 2 aromatic carbocycles. The SMILES string of the molecule is CCCCCCCOc1ccc(C(=O)NC(=S)Nc2ccc(C(=O)N(C)C)cc2)cc1. The summed E-state index contributed by atoms with van der Waals surface area (Å²) in [5.41, 5.74) is 1.75. The van der Waals surface area contributed by atoms with Gasteiger partial charge in [-0.3, -0.25) is 14.9 Å². The van der Waals surface area contributed by atoms with E-state index in [1.54, 1.807) is 62.6 Å². The molecule has 2 N–H and O–H groups in total. The molecule has 0 saturated carbocycles. The van der Waals surface area contributed by atoms with E-state index in [0.717, 1.165) is 12.2 Å². The molecule has 0 unspecified atom stereocenters. The van der Waals surface area contributed by atoms with Crippen LogP contribution in [0.15, 0.2) is 48.5 Å². The Kier molecular flexibility index (Phi) is 9.97. The lowest BCUT2D eigenvalue weighted by atomic mass is 10.2. The standard InChI is InChI=1S/C24H31N3O3S/c1-4-5-6-7-8-17-30-21-15-11-18(12-16-21)22(28)26-24(31)25-20-13-9-19(10-14-20)23(29)27(2)3/h9-16H,4-8,17H2,1-3H3,(H2,25,26,28,31). The maximum atomic E-state index is 12.4. The Labute approximate surface area is 190 Å². The first-order valence-corrected chi connectivity index (χ1v) is 11.0. The average Bonchev–Trinajstić information content (AvgIpc) is 2.76. The fraction of sp³-hybridized carbons (Fsp3) is 0.375. The van der Waals surface area contributed by atoms with Crippen LogP contribution in [0, 0.1) is 0 Å². The highest BCUT2D eigenvalue weighted by atomic mass is 32.1. The summed E-state index contributed by atoms with van der Waals surface area (Å²) in [6.07, 6.45) is 5.94. The Balaban J connectivity index is 1.79. The van der Waals surface area contributed by atoms with Crippen LogP contribution in [0.2, 0.25) is 0 Å². The van der Waals surface area contributed by atoms with E-state index >= 15 is 0 Å². The first-order chi connectivity index (χ1) is 14.9. The first-order valence-electron chi connectivity index (χ1n) is 10.6. The summed E-state index contributed by atoms with van der Waals surface area (Å²) in [6.45, 7) is 2.88. The second-order valence-corrected chi connectivity index (χ2v) is 7.88. The van der Waals surface area contributed by atoms with Gasteiger partial charge < -0.3 is 15.0 Å². The monoisotopic (exact) mass is 441 g/mol. The van der Waals surface area contributed by atoms with Gasteiger partial charge in [0.2, 0.25) is 0 Å². The van der Waals surface area contributed by atoms with Crippen molar-refractivity contribution in [3.05, 3.63) is 59.7 Å². The smallest absolute Gasteiger partial charge is 0.257 e. The number of amides is 2. The molecule has 0 aliphatic carbocycles. The molecule has 31 heavy (non-hydrogen) atoms. The van der Waals surface area contributed by atoms with Crippen molar-refractivity contribution in [2.45, 2.75) is 39.0 Å². The predicted octanol–water partition coefficient (Wildman–Crippen LogP) is 4.86. The molecule has 0 radical (unpaired) electrons. The molecule has 6 nitrogen and oxygen atoms in total. The van der Waals surface area contributed by atoms with Crippen LogP contribution >= 0.6 is 12.2 Å². The summed E-state index contributed by atoms with van der Waals surface area (Å²) in [5.74, 6) is 0.370. The molecule has 166 valence electrons. The first kappa shape index (κ1) is 24.3. The van der Waals surface area contributed by atoms with E-state index < -0.39 is 0 Å². The zero-order valence-corrected chi connectivity index (χ0v) is 19.3. The van der Waals surface area contributed by atoms with Crippen molar-refractivity contribution in [2.75, 3.05) is 26.0 Å². The fourth-order valence-electron chi connectivity index (χ4n) is 2.89. The van der Waals surface area contributed by atoms with Crippen LogP contribution in [-0.4, -0.2) is 42.5 Å². The number of benzene rings is 2. The minimum Gasteiger partial charge on any atom is -0.494 e. The maximum Gasteiger partial charge on any atom is 0.257 e. The Morgan fingerprint density at radius 3 is 2.13 bits per heavy atom. The van der Waals surface area contributed by atoms with Crippen molar-refractivity contribution in [3.8, 4) is 5.75 Å². The Morgan fingerprint density at radius 2 is 1.52 bits per heavy atom. The van der Waals surface area contributed by atoms with Crippen molar-refractivity contribution < 1.29 is 14.3 Å². The van der Waals surface area contributed by atoms with Crippen molar-refractivity contribution in [1.29, 1.82) is 0 Å². The maximum absolute atomic E-state index is 12.4. The minimum absolute atomic E-state index is 0.0775. The van der Waals surface area contributed by atoms with Crippen molar-refractivity contribution in [2.24, 2.45) is 0 Å². The van der Waals surface area contributed by atoms with Gasteiger partial charge in [-0.25, -0.2) is 0 Å². The molecule has 0 atom stereocenters. The summed E-state index contributed by atoms with van der Waals surface area (Å²) in [7, 11) is 3.40. The molecule has 0 saturated heterocycles. The number of ether oxygens (including phenoxy) is 1. The molecule has 7 heteroatoms. The molecule has 0 heterocycles. The summed E-state index contributed by atoms with van der Waals surface area (Å²) in [6, 6.07) is 13.9. The number of unbranched alkanes of at least 4 members (excludes halogenated alkanes) is 4. The molecular formula is C24H31N3O3S. The van der Waals surface area contributed by atoms with E-state index in [4.69, 9.17) is 17.0 Å². The lowest BCUT2D eigenvalue weighted by molar-refractivity contribution is 0.0827. The highest BCUT2D eigenvalue weighted by molar-refractivity contribution is 7.80. The van der Waals surface area contributed by atoms with Crippen LogP contribution < -0.4 is 15.4 Å². The topological polar surface area (TPSA) is 70.7 Å².